The van der Waals surface area contributed by atoms with Gasteiger partial charge < -0.3 is 9.84 Å². The molecule has 0 amide bonds. The molecule has 1 rings (SSSR count). The molecule has 0 saturated carbocycles. The van der Waals surface area contributed by atoms with Crippen LogP contribution in [-0.2, 0) is 0 Å². The van der Waals surface area contributed by atoms with E-state index >= 15 is 0 Å². The second-order valence-electron chi connectivity index (χ2n) is 3.56. The van der Waals surface area contributed by atoms with E-state index in [1.807, 2.05) is 25.1 Å². The van der Waals surface area contributed by atoms with Gasteiger partial charge in [0.2, 0.25) is 0 Å². The van der Waals surface area contributed by atoms with E-state index in [0.717, 1.165) is 15.6 Å². The maximum atomic E-state index is 9.94. The molecule has 0 heterocycles. The second-order valence-corrected chi connectivity index (χ2v) is 4.48. The SMILES string of the molecule is C=C(C)CC(O)c1ccc(Br)cc1OC. The number of ether oxygens (including phenoxy) is 1. The van der Waals surface area contributed by atoms with Gasteiger partial charge in [0.15, 0.2) is 0 Å². The fraction of sp³-hybridized carbons (Fsp3) is 0.333. The van der Waals surface area contributed by atoms with Crippen LogP contribution in [0, 0.1) is 0 Å². The van der Waals surface area contributed by atoms with E-state index in [9.17, 15) is 5.11 Å². The maximum Gasteiger partial charge on any atom is 0.125 e. The van der Waals surface area contributed by atoms with Gasteiger partial charge in [0.25, 0.3) is 0 Å². The summed E-state index contributed by atoms with van der Waals surface area (Å²) in [5.74, 6) is 0.693. The summed E-state index contributed by atoms with van der Waals surface area (Å²) in [6, 6.07) is 5.59. The predicted octanol–water partition coefficient (Wildman–Crippen LogP) is 3.46. The molecule has 3 heteroatoms. The third-order valence-corrected chi connectivity index (χ3v) is 2.59. The Kier molecular flexibility index (Phi) is 4.36. The van der Waals surface area contributed by atoms with Crippen LogP contribution in [0.1, 0.15) is 25.0 Å². The van der Waals surface area contributed by atoms with E-state index in [2.05, 4.69) is 22.5 Å². The van der Waals surface area contributed by atoms with Crippen LogP contribution >= 0.6 is 15.9 Å². The third-order valence-electron chi connectivity index (χ3n) is 2.10. The molecule has 82 valence electrons. The molecule has 0 bridgehead atoms. The lowest BCUT2D eigenvalue weighted by Gasteiger charge is -2.14. The van der Waals surface area contributed by atoms with Gasteiger partial charge in [-0.25, -0.2) is 0 Å². The zero-order valence-corrected chi connectivity index (χ0v) is 10.5. The van der Waals surface area contributed by atoms with Gasteiger partial charge >= 0.3 is 0 Å². The number of hydrogen-bond acceptors (Lipinski definition) is 2. The Morgan fingerprint density at radius 3 is 2.80 bits per heavy atom. The summed E-state index contributed by atoms with van der Waals surface area (Å²) in [4.78, 5) is 0. The van der Waals surface area contributed by atoms with Crippen molar-refractivity contribution in [1.29, 1.82) is 0 Å². The highest BCUT2D eigenvalue weighted by molar-refractivity contribution is 9.10. The van der Waals surface area contributed by atoms with Crippen LogP contribution in [0.3, 0.4) is 0 Å². The van der Waals surface area contributed by atoms with Crippen molar-refractivity contribution in [3.05, 3.63) is 40.4 Å². The second kappa shape index (κ2) is 5.33. The summed E-state index contributed by atoms with van der Waals surface area (Å²) >= 11 is 3.36. The highest BCUT2D eigenvalue weighted by atomic mass is 79.9. The first-order valence-corrected chi connectivity index (χ1v) is 5.49. The number of aliphatic hydroxyl groups excluding tert-OH is 1. The molecule has 0 fully saturated rings. The van der Waals surface area contributed by atoms with Gasteiger partial charge in [-0.1, -0.05) is 27.6 Å². The van der Waals surface area contributed by atoms with Crippen molar-refractivity contribution >= 4 is 15.9 Å². The van der Waals surface area contributed by atoms with E-state index in [1.54, 1.807) is 7.11 Å². The van der Waals surface area contributed by atoms with Gasteiger partial charge in [0, 0.05) is 10.0 Å². The van der Waals surface area contributed by atoms with E-state index in [4.69, 9.17) is 4.74 Å². The highest BCUT2D eigenvalue weighted by Crippen LogP contribution is 2.31. The lowest BCUT2D eigenvalue weighted by atomic mass is 10.0. The first-order chi connectivity index (χ1) is 7.04. The molecular weight excluding hydrogens is 256 g/mol. The number of benzene rings is 1. The Morgan fingerprint density at radius 1 is 1.60 bits per heavy atom. The highest BCUT2D eigenvalue weighted by Gasteiger charge is 2.13. The van der Waals surface area contributed by atoms with Gasteiger partial charge in [-0.2, -0.15) is 0 Å². The van der Waals surface area contributed by atoms with Gasteiger partial charge in [0.05, 0.1) is 13.2 Å². The zero-order valence-electron chi connectivity index (χ0n) is 8.96. The Bertz CT molecular complexity index is 361. The molecular formula is C12H15BrO2. The first kappa shape index (κ1) is 12.3. The molecule has 0 spiro atoms. The summed E-state index contributed by atoms with van der Waals surface area (Å²) in [6.07, 6.45) is 0.00315. The lowest BCUT2D eigenvalue weighted by Crippen LogP contribution is -2.01. The number of hydrogen-bond donors (Lipinski definition) is 1. The number of rotatable bonds is 4. The van der Waals surface area contributed by atoms with Crippen molar-refractivity contribution in [3.63, 3.8) is 0 Å². The average Bonchev–Trinajstić information content (AvgIpc) is 2.16. The Balaban J connectivity index is 2.97. The Hall–Kier alpha value is -0.800. The summed E-state index contributed by atoms with van der Waals surface area (Å²) in [6.45, 7) is 5.68. The van der Waals surface area contributed by atoms with Crippen LogP contribution in [-0.4, -0.2) is 12.2 Å². The van der Waals surface area contributed by atoms with E-state index in [0.29, 0.717) is 12.2 Å². The number of aliphatic hydroxyl groups is 1. The molecule has 0 aromatic heterocycles. The van der Waals surface area contributed by atoms with Crippen LogP contribution in [0.15, 0.2) is 34.8 Å². The maximum absolute atomic E-state index is 9.94. The summed E-state index contributed by atoms with van der Waals surface area (Å²) < 4.78 is 6.14. The van der Waals surface area contributed by atoms with Crippen molar-refractivity contribution in [2.24, 2.45) is 0 Å². The molecule has 0 aliphatic carbocycles. The molecule has 0 aliphatic rings. The molecule has 2 nitrogen and oxygen atoms in total. The fourth-order valence-corrected chi connectivity index (χ4v) is 1.74. The van der Waals surface area contributed by atoms with Crippen LogP contribution in [0.2, 0.25) is 0 Å². The Labute approximate surface area is 98.7 Å². The molecule has 15 heavy (non-hydrogen) atoms. The van der Waals surface area contributed by atoms with Crippen molar-refractivity contribution in [2.75, 3.05) is 7.11 Å². The van der Waals surface area contributed by atoms with Gasteiger partial charge in [-0.15, -0.1) is 6.58 Å². The largest absolute Gasteiger partial charge is 0.496 e. The zero-order chi connectivity index (χ0) is 11.4. The smallest absolute Gasteiger partial charge is 0.125 e. The standard InChI is InChI=1S/C12H15BrO2/c1-8(2)6-11(14)10-5-4-9(13)7-12(10)15-3/h4-5,7,11,14H,1,6H2,2-3H3. The molecule has 1 aromatic rings. The lowest BCUT2D eigenvalue weighted by molar-refractivity contribution is 0.174. The van der Waals surface area contributed by atoms with E-state index in [1.165, 1.54) is 0 Å². The summed E-state index contributed by atoms with van der Waals surface area (Å²) in [5.41, 5.74) is 1.75. The minimum atomic E-state index is -0.550. The van der Waals surface area contributed by atoms with E-state index in [-0.39, 0.29) is 0 Å². The summed E-state index contributed by atoms with van der Waals surface area (Å²) in [5, 5.41) is 9.94. The molecule has 1 N–H and O–H groups in total. The molecule has 0 aliphatic heterocycles. The van der Waals surface area contributed by atoms with Crippen LogP contribution < -0.4 is 4.74 Å². The minimum Gasteiger partial charge on any atom is -0.496 e. The normalized spacial score (nSPS) is 12.3. The van der Waals surface area contributed by atoms with Crippen molar-refractivity contribution in [1.82, 2.24) is 0 Å². The average molecular weight is 271 g/mol. The van der Waals surface area contributed by atoms with Crippen molar-refractivity contribution < 1.29 is 9.84 Å². The molecule has 1 aromatic carbocycles. The molecule has 1 unspecified atom stereocenters. The van der Waals surface area contributed by atoms with Crippen LogP contribution in [0.25, 0.3) is 0 Å². The minimum absolute atomic E-state index is 0.550. The van der Waals surface area contributed by atoms with Crippen molar-refractivity contribution in [3.8, 4) is 5.75 Å². The van der Waals surface area contributed by atoms with Crippen molar-refractivity contribution in [2.45, 2.75) is 19.4 Å². The topological polar surface area (TPSA) is 29.5 Å². The number of methoxy groups -OCH3 is 1. The molecule has 0 radical (unpaired) electrons. The number of halogens is 1. The quantitative estimate of drug-likeness (QED) is 0.850. The monoisotopic (exact) mass is 270 g/mol. The van der Waals surface area contributed by atoms with Crippen LogP contribution in [0.5, 0.6) is 5.75 Å². The Morgan fingerprint density at radius 2 is 2.27 bits per heavy atom. The first-order valence-electron chi connectivity index (χ1n) is 4.70. The van der Waals surface area contributed by atoms with Gasteiger partial charge in [0.1, 0.15) is 5.75 Å². The third kappa shape index (κ3) is 3.36. The van der Waals surface area contributed by atoms with Gasteiger partial charge in [-0.3, -0.25) is 0 Å². The molecule has 0 saturated heterocycles. The fourth-order valence-electron chi connectivity index (χ4n) is 1.40. The van der Waals surface area contributed by atoms with Crippen LogP contribution in [0.4, 0.5) is 0 Å². The van der Waals surface area contributed by atoms with Gasteiger partial charge in [-0.05, 0) is 25.5 Å². The summed E-state index contributed by atoms with van der Waals surface area (Å²) in [7, 11) is 1.60. The van der Waals surface area contributed by atoms with E-state index < -0.39 is 6.10 Å². The molecule has 1 atom stereocenters. The predicted molar refractivity (Wildman–Crippen MR) is 65.1 cm³/mol.